The molecular weight excluding hydrogens is 230 g/mol. The normalized spacial score (nSPS) is 9.93. The van der Waals surface area contributed by atoms with Crippen molar-refractivity contribution in [2.45, 2.75) is 0 Å². The van der Waals surface area contributed by atoms with E-state index in [1.807, 2.05) is 6.08 Å². The molecule has 0 saturated carbocycles. The summed E-state index contributed by atoms with van der Waals surface area (Å²) in [5, 5.41) is 3.70. The van der Waals surface area contributed by atoms with Gasteiger partial charge in [0.05, 0.1) is 10.7 Å². The summed E-state index contributed by atoms with van der Waals surface area (Å²) in [5.74, 6) is 2.65. The highest BCUT2D eigenvalue weighted by atomic mass is 35.5. The molecule has 3 N–H and O–H groups in total. The first-order chi connectivity index (χ1) is 7.24. The zero-order chi connectivity index (χ0) is 11.1. The minimum Gasteiger partial charge on any atom is -0.396 e. The van der Waals surface area contributed by atoms with E-state index in [0.29, 0.717) is 16.5 Å². The van der Waals surface area contributed by atoms with Crippen molar-refractivity contribution in [2.75, 3.05) is 29.1 Å². The van der Waals surface area contributed by atoms with Gasteiger partial charge in [0, 0.05) is 24.2 Å². The Morgan fingerprint density at radius 2 is 2.47 bits per heavy atom. The second-order valence-corrected chi connectivity index (χ2v) is 4.47. The quantitative estimate of drug-likeness (QED) is 0.596. The van der Waals surface area contributed by atoms with E-state index in [1.165, 1.54) is 0 Å². The third-order valence-electron chi connectivity index (χ3n) is 1.66. The molecule has 0 atom stereocenters. The van der Waals surface area contributed by atoms with Crippen molar-refractivity contribution in [1.82, 2.24) is 4.98 Å². The Labute approximate surface area is 99.1 Å². The van der Waals surface area contributed by atoms with E-state index in [9.17, 15) is 0 Å². The van der Waals surface area contributed by atoms with Crippen LogP contribution in [0.3, 0.4) is 0 Å². The standard InChI is InChI=1S/C10H14ClN3S/c1-2-4-15-5-3-13-10-9(12)6-8(11)7-14-10/h2,6-7H,1,3-5,12H2,(H,13,14). The van der Waals surface area contributed by atoms with Crippen LogP contribution >= 0.6 is 23.4 Å². The average molecular weight is 244 g/mol. The van der Waals surface area contributed by atoms with Gasteiger partial charge in [0.25, 0.3) is 0 Å². The van der Waals surface area contributed by atoms with Crippen molar-refractivity contribution in [2.24, 2.45) is 0 Å². The number of rotatable bonds is 6. The fourth-order valence-corrected chi connectivity index (χ4v) is 1.76. The topological polar surface area (TPSA) is 50.9 Å². The van der Waals surface area contributed by atoms with E-state index in [0.717, 1.165) is 18.1 Å². The van der Waals surface area contributed by atoms with Gasteiger partial charge in [-0.05, 0) is 6.07 Å². The minimum atomic E-state index is 0.555. The monoisotopic (exact) mass is 243 g/mol. The number of hydrogen-bond donors (Lipinski definition) is 2. The molecule has 0 aromatic carbocycles. The van der Waals surface area contributed by atoms with Crippen LogP contribution in [0.2, 0.25) is 5.02 Å². The number of pyridine rings is 1. The van der Waals surface area contributed by atoms with Gasteiger partial charge in [-0.2, -0.15) is 11.8 Å². The SMILES string of the molecule is C=CCSCCNc1ncc(Cl)cc1N. The predicted molar refractivity (Wildman–Crippen MR) is 69.7 cm³/mol. The summed E-state index contributed by atoms with van der Waals surface area (Å²) in [6.45, 7) is 4.48. The van der Waals surface area contributed by atoms with Crippen LogP contribution in [0.1, 0.15) is 0 Å². The summed E-state index contributed by atoms with van der Waals surface area (Å²) >= 11 is 7.54. The number of aromatic nitrogens is 1. The van der Waals surface area contributed by atoms with Crippen molar-refractivity contribution in [3.63, 3.8) is 0 Å². The zero-order valence-corrected chi connectivity index (χ0v) is 9.94. The van der Waals surface area contributed by atoms with Gasteiger partial charge in [-0.1, -0.05) is 17.7 Å². The van der Waals surface area contributed by atoms with Gasteiger partial charge in [0.2, 0.25) is 0 Å². The zero-order valence-electron chi connectivity index (χ0n) is 8.37. The maximum absolute atomic E-state index is 5.73. The summed E-state index contributed by atoms with van der Waals surface area (Å²) in [6.07, 6.45) is 3.47. The van der Waals surface area contributed by atoms with Crippen LogP contribution in [-0.2, 0) is 0 Å². The lowest BCUT2D eigenvalue weighted by molar-refractivity contribution is 1.17. The fourth-order valence-electron chi connectivity index (χ4n) is 1.01. The number of halogens is 1. The molecule has 0 amide bonds. The van der Waals surface area contributed by atoms with Crippen LogP contribution in [0, 0.1) is 0 Å². The molecule has 0 unspecified atom stereocenters. The van der Waals surface area contributed by atoms with Gasteiger partial charge >= 0.3 is 0 Å². The molecule has 5 heteroatoms. The smallest absolute Gasteiger partial charge is 0.149 e. The van der Waals surface area contributed by atoms with Crippen LogP contribution in [-0.4, -0.2) is 23.0 Å². The number of hydrogen-bond acceptors (Lipinski definition) is 4. The molecule has 1 aromatic rings. The number of nitrogens with zero attached hydrogens (tertiary/aromatic N) is 1. The third kappa shape index (κ3) is 4.44. The Hall–Kier alpha value is -0.870. The maximum atomic E-state index is 5.73. The molecule has 0 aliphatic rings. The lowest BCUT2D eigenvalue weighted by atomic mass is 10.4. The second-order valence-electron chi connectivity index (χ2n) is 2.88. The first-order valence-electron chi connectivity index (χ1n) is 4.57. The Morgan fingerprint density at radius 3 is 3.13 bits per heavy atom. The first-order valence-corrected chi connectivity index (χ1v) is 6.11. The largest absolute Gasteiger partial charge is 0.396 e. The molecule has 0 saturated heterocycles. The third-order valence-corrected chi connectivity index (χ3v) is 2.83. The number of nitrogens with two attached hydrogens (primary N) is 1. The molecule has 0 radical (unpaired) electrons. The van der Waals surface area contributed by atoms with Gasteiger partial charge < -0.3 is 11.1 Å². The summed E-state index contributed by atoms with van der Waals surface area (Å²) in [4.78, 5) is 4.10. The van der Waals surface area contributed by atoms with Crippen LogP contribution < -0.4 is 11.1 Å². The molecule has 0 aliphatic heterocycles. The highest BCUT2D eigenvalue weighted by molar-refractivity contribution is 7.99. The number of nitrogen functional groups attached to an aromatic ring is 1. The van der Waals surface area contributed by atoms with E-state index in [2.05, 4.69) is 16.9 Å². The van der Waals surface area contributed by atoms with Crippen LogP contribution in [0.4, 0.5) is 11.5 Å². The molecule has 0 aliphatic carbocycles. The van der Waals surface area contributed by atoms with Crippen LogP contribution in [0.25, 0.3) is 0 Å². The van der Waals surface area contributed by atoms with Crippen LogP contribution in [0.5, 0.6) is 0 Å². The highest BCUT2D eigenvalue weighted by Gasteiger charge is 2.00. The molecule has 0 bridgehead atoms. The average Bonchev–Trinajstić information content (AvgIpc) is 2.20. The summed E-state index contributed by atoms with van der Waals surface area (Å²) in [5.41, 5.74) is 6.31. The van der Waals surface area contributed by atoms with Gasteiger partial charge in [-0.15, -0.1) is 6.58 Å². The second kappa shape index (κ2) is 6.58. The van der Waals surface area contributed by atoms with Crippen molar-refractivity contribution in [3.05, 3.63) is 29.9 Å². The predicted octanol–water partition coefficient (Wildman–Crippen LogP) is 2.65. The molecular formula is C10H14ClN3S. The first kappa shape index (κ1) is 12.2. The molecule has 1 aromatic heterocycles. The van der Waals surface area contributed by atoms with E-state index in [4.69, 9.17) is 17.3 Å². The van der Waals surface area contributed by atoms with Crippen molar-refractivity contribution < 1.29 is 0 Å². The molecule has 15 heavy (non-hydrogen) atoms. The summed E-state index contributed by atoms with van der Waals surface area (Å²) < 4.78 is 0. The molecule has 1 heterocycles. The molecule has 82 valence electrons. The van der Waals surface area contributed by atoms with E-state index >= 15 is 0 Å². The summed E-state index contributed by atoms with van der Waals surface area (Å²) in [7, 11) is 0. The van der Waals surface area contributed by atoms with Gasteiger partial charge in [0.15, 0.2) is 0 Å². The van der Waals surface area contributed by atoms with Crippen molar-refractivity contribution in [3.8, 4) is 0 Å². The Kier molecular flexibility index (Phi) is 5.36. The van der Waals surface area contributed by atoms with E-state index in [1.54, 1.807) is 24.0 Å². The molecule has 3 nitrogen and oxygen atoms in total. The number of anilines is 2. The lowest BCUT2D eigenvalue weighted by Gasteiger charge is -2.07. The molecule has 0 spiro atoms. The fraction of sp³-hybridized carbons (Fsp3) is 0.300. The molecule has 1 rings (SSSR count). The van der Waals surface area contributed by atoms with Crippen molar-refractivity contribution >= 4 is 34.9 Å². The van der Waals surface area contributed by atoms with Crippen LogP contribution in [0.15, 0.2) is 24.9 Å². The highest BCUT2D eigenvalue weighted by Crippen LogP contribution is 2.19. The lowest BCUT2D eigenvalue weighted by Crippen LogP contribution is -2.08. The maximum Gasteiger partial charge on any atom is 0.149 e. The van der Waals surface area contributed by atoms with Gasteiger partial charge in [-0.25, -0.2) is 4.98 Å². The van der Waals surface area contributed by atoms with Gasteiger partial charge in [-0.3, -0.25) is 0 Å². The Balaban J connectivity index is 2.34. The summed E-state index contributed by atoms with van der Waals surface area (Å²) in [6, 6.07) is 1.69. The van der Waals surface area contributed by atoms with Gasteiger partial charge in [0.1, 0.15) is 5.82 Å². The minimum absolute atomic E-state index is 0.555. The Bertz CT molecular complexity index is 330. The molecule has 0 fully saturated rings. The van der Waals surface area contributed by atoms with E-state index < -0.39 is 0 Å². The number of thioether (sulfide) groups is 1. The van der Waals surface area contributed by atoms with E-state index in [-0.39, 0.29) is 0 Å². The van der Waals surface area contributed by atoms with Crippen molar-refractivity contribution in [1.29, 1.82) is 0 Å². The Morgan fingerprint density at radius 1 is 1.67 bits per heavy atom. The number of nitrogens with one attached hydrogen (secondary N) is 1.